The summed E-state index contributed by atoms with van der Waals surface area (Å²) >= 11 is 0. The van der Waals surface area contributed by atoms with Crippen molar-refractivity contribution in [2.24, 2.45) is 5.73 Å². The van der Waals surface area contributed by atoms with Gasteiger partial charge < -0.3 is 10.5 Å². The summed E-state index contributed by atoms with van der Waals surface area (Å²) in [5.41, 5.74) is 7.76. The molecule has 1 aromatic carbocycles. The fourth-order valence-electron chi connectivity index (χ4n) is 2.68. The molecule has 1 atom stereocenters. The Labute approximate surface area is 116 Å². The monoisotopic (exact) mass is 263 g/mol. The van der Waals surface area contributed by atoms with Gasteiger partial charge in [-0.1, -0.05) is 36.8 Å². The van der Waals surface area contributed by atoms with E-state index in [2.05, 4.69) is 31.2 Å². The normalized spacial score (nSPS) is 14.8. The second kappa shape index (κ2) is 5.74. The lowest BCUT2D eigenvalue weighted by Crippen LogP contribution is -2.54. The van der Waals surface area contributed by atoms with Crippen LogP contribution in [0.3, 0.4) is 0 Å². The number of carbonyl (C=O) groups is 1. The third kappa shape index (κ3) is 3.16. The number of hydrogen-bond donors (Lipinski definition) is 1. The molecule has 19 heavy (non-hydrogen) atoms. The summed E-state index contributed by atoms with van der Waals surface area (Å²) < 4.78 is 4.85. The van der Waals surface area contributed by atoms with Gasteiger partial charge in [0.1, 0.15) is 0 Å². The molecule has 2 N–H and O–H groups in total. The highest BCUT2D eigenvalue weighted by molar-refractivity contribution is 5.72. The summed E-state index contributed by atoms with van der Waals surface area (Å²) in [6, 6.07) is 8.25. The molecule has 0 aliphatic carbocycles. The molecular weight excluding hydrogens is 238 g/mol. The second-order valence-corrected chi connectivity index (χ2v) is 5.78. The fourth-order valence-corrected chi connectivity index (χ4v) is 2.68. The summed E-state index contributed by atoms with van der Waals surface area (Å²) in [7, 11) is 1.42. The van der Waals surface area contributed by atoms with E-state index in [0.29, 0.717) is 6.42 Å². The summed E-state index contributed by atoms with van der Waals surface area (Å²) in [5.74, 6) is -0.221. The van der Waals surface area contributed by atoms with E-state index >= 15 is 0 Å². The first-order chi connectivity index (χ1) is 8.76. The van der Waals surface area contributed by atoms with Crippen molar-refractivity contribution in [2.45, 2.75) is 51.5 Å². The average molecular weight is 263 g/mol. The Kier molecular flexibility index (Phi) is 4.75. The molecule has 0 aliphatic heterocycles. The van der Waals surface area contributed by atoms with Gasteiger partial charge in [-0.15, -0.1) is 0 Å². The van der Waals surface area contributed by atoms with Crippen LogP contribution >= 0.6 is 0 Å². The highest BCUT2D eigenvalue weighted by Crippen LogP contribution is 2.40. The van der Waals surface area contributed by atoms with E-state index < -0.39 is 11.0 Å². The number of aryl methyl sites for hydroxylation is 1. The van der Waals surface area contributed by atoms with E-state index in [1.807, 2.05) is 20.8 Å². The number of esters is 1. The van der Waals surface area contributed by atoms with Crippen LogP contribution in [0.5, 0.6) is 0 Å². The standard InChI is InChI=1S/C16H25NO2/c1-6-16(15(3,4)17,11-14(18)19-5)13-9-7-12(2)8-10-13/h7-10H,6,11,17H2,1-5H3. The summed E-state index contributed by atoms with van der Waals surface area (Å²) in [4.78, 5) is 11.8. The van der Waals surface area contributed by atoms with Crippen molar-refractivity contribution in [3.63, 3.8) is 0 Å². The smallest absolute Gasteiger partial charge is 0.306 e. The van der Waals surface area contributed by atoms with Gasteiger partial charge in [-0.3, -0.25) is 4.79 Å². The Balaban J connectivity index is 3.32. The van der Waals surface area contributed by atoms with Crippen molar-refractivity contribution >= 4 is 5.97 Å². The van der Waals surface area contributed by atoms with E-state index in [-0.39, 0.29) is 5.97 Å². The Bertz CT molecular complexity index is 431. The van der Waals surface area contributed by atoms with Crippen LogP contribution < -0.4 is 5.73 Å². The van der Waals surface area contributed by atoms with Gasteiger partial charge in [-0.25, -0.2) is 0 Å². The molecule has 0 fully saturated rings. The molecule has 1 rings (SSSR count). The SMILES string of the molecule is CCC(CC(=O)OC)(c1ccc(C)cc1)C(C)(C)N. The van der Waals surface area contributed by atoms with E-state index in [9.17, 15) is 4.79 Å². The van der Waals surface area contributed by atoms with Crippen molar-refractivity contribution in [1.29, 1.82) is 0 Å². The Morgan fingerprint density at radius 1 is 1.26 bits per heavy atom. The molecule has 0 spiro atoms. The first kappa shape index (κ1) is 15.7. The maximum absolute atomic E-state index is 11.8. The Hall–Kier alpha value is -1.35. The molecule has 0 bridgehead atoms. The molecule has 1 unspecified atom stereocenters. The predicted octanol–water partition coefficient (Wildman–Crippen LogP) is 2.94. The minimum atomic E-state index is -0.509. The minimum absolute atomic E-state index is 0.221. The van der Waals surface area contributed by atoms with Crippen molar-refractivity contribution < 1.29 is 9.53 Å². The average Bonchev–Trinajstić information content (AvgIpc) is 2.35. The van der Waals surface area contributed by atoms with Crippen LogP contribution in [0.1, 0.15) is 44.7 Å². The summed E-state index contributed by atoms with van der Waals surface area (Å²) in [5, 5.41) is 0. The largest absolute Gasteiger partial charge is 0.469 e. The molecule has 0 amide bonds. The molecule has 0 aliphatic rings. The molecule has 106 valence electrons. The number of methoxy groups -OCH3 is 1. The topological polar surface area (TPSA) is 52.3 Å². The molecule has 0 saturated heterocycles. The Morgan fingerprint density at radius 2 is 1.79 bits per heavy atom. The number of ether oxygens (including phenoxy) is 1. The van der Waals surface area contributed by atoms with E-state index in [4.69, 9.17) is 10.5 Å². The quantitative estimate of drug-likeness (QED) is 0.831. The number of benzene rings is 1. The van der Waals surface area contributed by atoms with Gasteiger partial charge in [0.15, 0.2) is 0 Å². The van der Waals surface area contributed by atoms with Crippen molar-refractivity contribution in [1.82, 2.24) is 0 Å². The van der Waals surface area contributed by atoms with E-state index in [0.717, 1.165) is 12.0 Å². The molecule has 0 saturated carbocycles. The van der Waals surface area contributed by atoms with Crippen LogP contribution in [-0.4, -0.2) is 18.6 Å². The molecule has 3 heteroatoms. The maximum atomic E-state index is 11.8. The lowest BCUT2D eigenvalue weighted by molar-refractivity contribution is -0.143. The van der Waals surface area contributed by atoms with Crippen molar-refractivity contribution in [2.75, 3.05) is 7.11 Å². The van der Waals surface area contributed by atoms with E-state index in [1.54, 1.807) is 0 Å². The first-order valence-corrected chi connectivity index (χ1v) is 6.69. The van der Waals surface area contributed by atoms with Gasteiger partial charge in [0.25, 0.3) is 0 Å². The summed E-state index contributed by atoms with van der Waals surface area (Å²) in [6.45, 7) is 8.06. The zero-order valence-corrected chi connectivity index (χ0v) is 12.6. The van der Waals surface area contributed by atoms with Gasteiger partial charge in [0.05, 0.1) is 13.5 Å². The number of hydrogen-bond acceptors (Lipinski definition) is 3. The highest BCUT2D eigenvalue weighted by atomic mass is 16.5. The van der Waals surface area contributed by atoms with Gasteiger partial charge in [0, 0.05) is 11.0 Å². The lowest BCUT2D eigenvalue weighted by Gasteiger charge is -2.44. The number of nitrogens with two attached hydrogens (primary N) is 1. The predicted molar refractivity (Wildman–Crippen MR) is 78.0 cm³/mol. The van der Waals surface area contributed by atoms with Gasteiger partial charge in [-0.2, -0.15) is 0 Å². The molecule has 1 aromatic rings. The van der Waals surface area contributed by atoms with Crippen LogP contribution in [0.15, 0.2) is 24.3 Å². The first-order valence-electron chi connectivity index (χ1n) is 6.69. The van der Waals surface area contributed by atoms with Gasteiger partial charge in [0.2, 0.25) is 0 Å². The van der Waals surface area contributed by atoms with Crippen molar-refractivity contribution in [3.8, 4) is 0 Å². The van der Waals surface area contributed by atoms with Crippen LogP contribution in [0, 0.1) is 6.92 Å². The zero-order valence-electron chi connectivity index (χ0n) is 12.6. The van der Waals surface area contributed by atoms with Crippen LogP contribution in [0.2, 0.25) is 0 Å². The lowest BCUT2D eigenvalue weighted by atomic mass is 9.63. The number of rotatable bonds is 5. The molecule has 0 radical (unpaired) electrons. The molecule has 3 nitrogen and oxygen atoms in total. The van der Waals surface area contributed by atoms with E-state index in [1.165, 1.54) is 12.7 Å². The van der Waals surface area contributed by atoms with Crippen LogP contribution in [0.25, 0.3) is 0 Å². The third-order valence-electron chi connectivity index (χ3n) is 4.11. The van der Waals surface area contributed by atoms with Gasteiger partial charge >= 0.3 is 5.97 Å². The number of carbonyl (C=O) groups excluding carboxylic acids is 1. The molecule has 0 heterocycles. The maximum Gasteiger partial charge on any atom is 0.306 e. The zero-order chi connectivity index (χ0) is 14.7. The van der Waals surface area contributed by atoms with Crippen LogP contribution in [0.4, 0.5) is 0 Å². The van der Waals surface area contributed by atoms with Crippen molar-refractivity contribution in [3.05, 3.63) is 35.4 Å². The second-order valence-electron chi connectivity index (χ2n) is 5.78. The highest BCUT2D eigenvalue weighted by Gasteiger charge is 2.44. The Morgan fingerprint density at radius 3 is 2.16 bits per heavy atom. The minimum Gasteiger partial charge on any atom is -0.469 e. The molecule has 0 aromatic heterocycles. The molecular formula is C16H25NO2. The fraction of sp³-hybridized carbons (Fsp3) is 0.562. The third-order valence-corrected chi connectivity index (χ3v) is 4.11. The summed E-state index contributed by atoms with van der Waals surface area (Å²) in [6.07, 6.45) is 1.08. The van der Waals surface area contributed by atoms with Gasteiger partial charge in [-0.05, 0) is 32.8 Å². The van der Waals surface area contributed by atoms with Crippen LogP contribution in [-0.2, 0) is 14.9 Å².